The zero-order chi connectivity index (χ0) is 26.6. The lowest BCUT2D eigenvalue weighted by atomic mass is 9.92. The molecule has 12 nitrogen and oxygen atoms in total. The van der Waals surface area contributed by atoms with Gasteiger partial charge in [0.05, 0.1) is 24.0 Å². The maximum Gasteiger partial charge on any atom is 0.435 e. The van der Waals surface area contributed by atoms with E-state index in [1.807, 2.05) is 45.9 Å². The fourth-order valence-electron chi connectivity index (χ4n) is 4.96. The number of ether oxygens (including phenoxy) is 2. The van der Waals surface area contributed by atoms with Gasteiger partial charge in [-0.15, -0.1) is 0 Å². The van der Waals surface area contributed by atoms with Crippen LogP contribution in [0.25, 0.3) is 22.0 Å². The van der Waals surface area contributed by atoms with E-state index in [-0.39, 0.29) is 12.0 Å². The molecule has 1 amide bonds. The lowest BCUT2D eigenvalue weighted by Crippen LogP contribution is -2.54. The van der Waals surface area contributed by atoms with E-state index in [0.717, 1.165) is 24.0 Å². The Hall–Kier alpha value is -4.35. The molecule has 2 atom stereocenters. The van der Waals surface area contributed by atoms with Crippen molar-refractivity contribution in [1.29, 1.82) is 0 Å². The van der Waals surface area contributed by atoms with Gasteiger partial charge in [0.1, 0.15) is 17.2 Å². The summed E-state index contributed by atoms with van der Waals surface area (Å²) < 4.78 is 18.1. The third kappa shape index (κ3) is 4.46. The summed E-state index contributed by atoms with van der Waals surface area (Å²) >= 11 is 0. The maximum atomic E-state index is 12.8. The number of piperidine rings is 1. The Kier molecular flexibility index (Phi) is 5.62. The number of hydrogen-bond donors (Lipinski definition) is 2. The van der Waals surface area contributed by atoms with Crippen LogP contribution in [0, 0.1) is 12.8 Å². The summed E-state index contributed by atoms with van der Waals surface area (Å²) in [7, 11) is 0. The Balaban J connectivity index is 1.31. The average Bonchev–Trinajstić information content (AvgIpc) is 3.46. The Bertz CT molecular complexity index is 1550. The van der Waals surface area contributed by atoms with Gasteiger partial charge in [-0.05, 0) is 52.3 Å². The minimum atomic E-state index is -0.649. The van der Waals surface area contributed by atoms with Crippen LogP contribution in [0.5, 0.6) is 0 Å². The van der Waals surface area contributed by atoms with E-state index < -0.39 is 17.8 Å². The number of carbonyl (C=O) groups is 2. The van der Waals surface area contributed by atoms with Gasteiger partial charge in [0.25, 0.3) is 0 Å². The van der Waals surface area contributed by atoms with E-state index in [4.69, 9.17) is 18.9 Å². The van der Waals surface area contributed by atoms with Crippen molar-refractivity contribution in [1.82, 2.24) is 25.1 Å². The Morgan fingerprint density at radius 2 is 2.08 bits per heavy atom. The zero-order valence-electron chi connectivity index (χ0n) is 21.6. The Labute approximate surface area is 218 Å². The van der Waals surface area contributed by atoms with Crippen LogP contribution in [0.1, 0.15) is 32.9 Å². The molecule has 6 rings (SSSR count). The molecule has 2 fully saturated rings. The fourth-order valence-corrected chi connectivity index (χ4v) is 4.96. The van der Waals surface area contributed by atoms with E-state index in [1.54, 1.807) is 12.3 Å². The topological polar surface area (TPSA) is 137 Å². The quantitative estimate of drug-likeness (QED) is 0.402. The number of furan rings is 1. The predicted octanol–water partition coefficient (Wildman–Crippen LogP) is 4.34. The molecular formula is C26H29N7O5. The highest BCUT2D eigenvalue weighted by molar-refractivity contribution is 5.92. The third-order valence-corrected chi connectivity index (χ3v) is 6.74. The number of anilines is 3. The molecule has 0 aliphatic carbocycles. The molecule has 5 heterocycles. The first-order chi connectivity index (χ1) is 18.1. The number of nitrogens with one attached hydrogen (secondary N) is 2. The number of alkyl carbamates (subject to hydrolysis) is 1. The van der Waals surface area contributed by atoms with Gasteiger partial charge in [-0.25, -0.2) is 14.6 Å². The van der Waals surface area contributed by atoms with Crippen LogP contribution >= 0.6 is 0 Å². The van der Waals surface area contributed by atoms with Crippen LogP contribution in [0.15, 0.2) is 34.9 Å². The van der Waals surface area contributed by atoms with Gasteiger partial charge < -0.3 is 29.4 Å². The molecule has 0 bridgehead atoms. The number of nitrogens with zero attached hydrogens (tertiary/aromatic N) is 5. The first-order valence-corrected chi connectivity index (χ1v) is 12.6. The molecule has 38 heavy (non-hydrogen) atoms. The van der Waals surface area contributed by atoms with Crippen LogP contribution in [0.4, 0.5) is 27.0 Å². The molecule has 2 aliphatic heterocycles. The monoisotopic (exact) mass is 519 g/mol. The van der Waals surface area contributed by atoms with Gasteiger partial charge in [0, 0.05) is 36.1 Å². The van der Waals surface area contributed by atoms with E-state index in [2.05, 4.69) is 25.6 Å². The Morgan fingerprint density at radius 1 is 1.24 bits per heavy atom. The molecule has 2 aliphatic rings. The highest BCUT2D eigenvalue weighted by Crippen LogP contribution is 2.32. The summed E-state index contributed by atoms with van der Waals surface area (Å²) in [5, 5.41) is 11.3. The van der Waals surface area contributed by atoms with Crippen LogP contribution in [0.3, 0.4) is 0 Å². The zero-order valence-corrected chi connectivity index (χ0v) is 21.6. The van der Waals surface area contributed by atoms with Crippen molar-refractivity contribution in [2.45, 2.75) is 45.8 Å². The first-order valence-electron chi connectivity index (χ1n) is 12.6. The molecular weight excluding hydrogens is 490 g/mol. The van der Waals surface area contributed by atoms with Gasteiger partial charge in [-0.2, -0.15) is 14.8 Å². The maximum absolute atomic E-state index is 12.8. The van der Waals surface area contributed by atoms with Crippen LogP contribution in [-0.4, -0.2) is 63.3 Å². The second kappa shape index (κ2) is 8.89. The summed E-state index contributed by atoms with van der Waals surface area (Å²) in [5.74, 6) is 1.27. The molecule has 12 heteroatoms. The Morgan fingerprint density at radius 3 is 2.89 bits per heavy atom. The predicted molar refractivity (Wildman–Crippen MR) is 140 cm³/mol. The van der Waals surface area contributed by atoms with E-state index >= 15 is 0 Å². The minimum Gasteiger partial charge on any atom is -0.459 e. The molecule has 2 saturated heterocycles. The van der Waals surface area contributed by atoms with Crippen molar-refractivity contribution in [3.63, 3.8) is 0 Å². The second-order valence-electron chi connectivity index (χ2n) is 10.7. The summed E-state index contributed by atoms with van der Waals surface area (Å²) in [6, 6.07) is 7.39. The van der Waals surface area contributed by atoms with E-state index in [9.17, 15) is 9.59 Å². The number of amides is 1. The van der Waals surface area contributed by atoms with Crippen LogP contribution in [-0.2, 0) is 9.47 Å². The molecule has 1 aromatic carbocycles. The number of rotatable bonds is 3. The molecule has 2 N–H and O–H groups in total. The molecule has 3 aromatic heterocycles. The van der Waals surface area contributed by atoms with Crippen LogP contribution < -0.4 is 15.5 Å². The normalized spacial score (nSPS) is 19.7. The van der Waals surface area contributed by atoms with E-state index in [1.165, 1.54) is 4.68 Å². The number of hydrogen-bond acceptors (Lipinski definition) is 10. The lowest BCUT2D eigenvalue weighted by Gasteiger charge is -2.40. The summed E-state index contributed by atoms with van der Waals surface area (Å²) in [6.07, 6.45) is 1.28. The molecule has 198 valence electrons. The van der Waals surface area contributed by atoms with Crippen molar-refractivity contribution < 1.29 is 23.5 Å². The van der Waals surface area contributed by atoms with Gasteiger partial charge in [-0.3, -0.25) is 0 Å². The summed E-state index contributed by atoms with van der Waals surface area (Å²) in [4.78, 5) is 36.0. The summed E-state index contributed by atoms with van der Waals surface area (Å²) in [6.45, 7) is 9.17. The van der Waals surface area contributed by atoms with Crippen LogP contribution in [0.2, 0.25) is 0 Å². The minimum absolute atomic E-state index is 0.215. The SMILES string of the molecule is Cc1nn(C(=O)OC(C)(C)C)c2cc(Nc3nc(N4CC[C@H]5CNC(=O)O[C@@H]5C4)c4occc4n3)ccc12. The van der Waals surface area contributed by atoms with E-state index in [0.29, 0.717) is 47.2 Å². The molecule has 4 aromatic rings. The van der Waals surface area contributed by atoms with Gasteiger partial charge in [-0.1, -0.05) is 0 Å². The standard InChI is InChI=1S/C26H29N7O5/c1-14-17-6-5-16(11-19(17)33(31-14)25(35)38-26(2,3)4)28-23-29-18-8-10-36-21(18)22(30-23)32-9-7-15-12-27-24(34)37-20(15)13-32/h5-6,8,10-11,15,20H,7,9,12-13H2,1-4H3,(H,27,34)(H,28,29,30)/t15-,20+/m0/s1. The average molecular weight is 520 g/mol. The molecule has 0 unspecified atom stereocenters. The largest absolute Gasteiger partial charge is 0.459 e. The van der Waals surface area contributed by atoms with Crippen molar-refractivity contribution in [2.75, 3.05) is 29.9 Å². The molecule has 0 radical (unpaired) electrons. The van der Waals surface area contributed by atoms with Crippen molar-refractivity contribution in [2.24, 2.45) is 5.92 Å². The van der Waals surface area contributed by atoms with Gasteiger partial charge in [0.15, 0.2) is 11.4 Å². The van der Waals surface area contributed by atoms with Crippen molar-refractivity contribution in [3.05, 3.63) is 36.2 Å². The number of fused-ring (bicyclic) bond motifs is 3. The highest BCUT2D eigenvalue weighted by atomic mass is 16.6. The fraction of sp³-hybridized carbons (Fsp3) is 0.423. The number of aryl methyl sites for hydroxylation is 1. The van der Waals surface area contributed by atoms with Gasteiger partial charge >= 0.3 is 12.2 Å². The third-order valence-electron chi connectivity index (χ3n) is 6.74. The van der Waals surface area contributed by atoms with Gasteiger partial charge in [0.2, 0.25) is 5.95 Å². The first kappa shape index (κ1) is 24.0. The smallest absolute Gasteiger partial charge is 0.435 e. The number of benzene rings is 1. The number of carbonyl (C=O) groups excluding carboxylic acids is 2. The molecule has 0 spiro atoms. The molecule has 0 saturated carbocycles. The summed E-state index contributed by atoms with van der Waals surface area (Å²) in [5.41, 5.74) is 2.59. The van der Waals surface area contributed by atoms with Crippen molar-refractivity contribution >= 4 is 51.6 Å². The number of aromatic nitrogens is 4. The van der Waals surface area contributed by atoms with Crippen molar-refractivity contribution in [3.8, 4) is 0 Å². The second-order valence-corrected chi connectivity index (χ2v) is 10.7. The lowest BCUT2D eigenvalue weighted by molar-refractivity contribution is 0.0293. The highest BCUT2D eigenvalue weighted by Gasteiger charge is 2.37.